The van der Waals surface area contributed by atoms with Gasteiger partial charge in [0.1, 0.15) is 0 Å². The van der Waals surface area contributed by atoms with Crippen LogP contribution >= 0.6 is 11.3 Å². The van der Waals surface area contributed by atoms with Crippen LogP contribution in [0.1, 0.15) is 24.3 Å². The fraction of sp³-hybridized carbons (Fsp3) is 0.533. The zero-order chi connectivity index (χ0) is 13.8. The normalized spacial score (nSPS) is 20.4. The molecule has 1 unspecified atom stereocenters. The molecule has 0 aliphatic carbocycles. The van der Waals surface area contributed by atoms with Crippen LogP contribution in [0, 0.1) is 0 Å². The van der Waals surface area contributed by atoms with Crippen LogP contribution in [-0.4, -0.2) is 40.9 Å². The van der Waals surface area contributed by atoms with Crippen LogP contribution in [0.5, 0.6) is 0 Å². The number of thiophene rings is 1. The van der Waals surface area contributed by atoms with Gasteiger partial charge in [-0.2, -0.15) is 16.4 Å². The predicted octanol–water partition coefficient (Wildman–Crippen LogP) is 2.58. The minimum absolute atomic E-state index is 0.242. The first-order valence-electron chi connectivity index (χ1n) is 7.23. The zero-order valence-electron chi connectivity index (χ0n) is 11.9. The zero-order valence-corrected chi connectivity index (χ0v) is 12.7. The van der Waals surface area contributed by atoms with Gasteiger partial charge in [-0.3, -0.25) is 9.58 Å². The van der Waals surface area contributed by atoms with Crippen molar-refractivity contribution < 1.29 is 4.74 Å². The Morgan fingerprint density at radius 3 is 3.20 bits per heavy atom. The summed E-state index contributed by atoms with van der Waals surface area (Å²) < 4.78 is 7.96. The Kier molecular flexibility index (Phi) is 4.50. The summed E-state index contributed by atoms with van der Waals surface area (Å²) in [5.41, 5.74) is 2.64. The Balaban J connectivity index is 1.55. The minimum Gasteiger partial charge on any atom is -0.371 e. The Bertz CT molecular complexity index is 523. The monoisotopic (exact) mass is 291 g/mol. The van der Waals surface area contributed by atoms with E-state index in [0.717, 1.165) is 39.2 Å². The number of hydrogen-bond acceptors (Lipinski definition) is 4. The van der Waals surface area contributed by atoms with Crippen LogP contribution in [0.4, 0.5) is 0 Å². The molecule has 0 spiro atoms. The van der Waals surface area contributed by atoms with E-state index in [1.165, 1.54) is 11.3 Å². The third-order valence-electron chi connectivity index (χ3n) is 3.85. The highest BCUT2D eigenvalue weighted by molar-refractivity contribution is 7.07. The van der Waals surface area contributed by atoms with Crippen LogP contribution in [0.2, 0.25) is 0 Å². The van der Waals surface area contributed by atoms with E-state index >= 15 is 0 Å². The van der Waals surface area contributed by atoms with E-state index < -0.39 is 0 Å². The van der Waals surface area contributed by atoms with Crippen LogP contribution in [-0.2, 0) is 17.7 Å². The van der Waals surface area contributed by atoms with Crippen LogP contribution in [0.3, 0.4) is 0 Å². The molecular weight excluding hydrogens is 270 g/mol. The van der Waals surface area contributed by atoms with Crippen molar-refractivity contribution in [1.82, 2.24) is 14.7 Å². The molecule has 108 valence electrons. The quantitative estimate of drug-likeness (QED) is 0.848. The molecule has 1 fully saturated rings. The third-order valence-corrected chi connectivity index (χ3v) is 4.56. The first kappa shape index (κ1) is 13.8. The summed E-state index contributed by atoms with van der Waals surface area (Å²) in [6.07, 6.45) is 3.20. The number of rotatable bonds is 5. The van der Waals surface area contributed by atoms with E-state index in [1.807, 2.05) is 6.20 Å². The summed E-state index contributed by atoms with van der Waals surface area (Å²) >= 11 is 1.74. The maximum Gasteiger partial charge on any atom is 0.0960 e. The highest BCUT2D eigenvalue weighted by Crippen LogP contribution is 2.24. The first-order chi connectivity index (χ1) is 9.86. The number of ether oxygens (including phenoxy) is 1. The molecule has 1 aliphatic heterocycles. The lowest BCUT2D eigenvalue weighted by Gasteiger charge is -2.32. The van der Waals surface area contributed by atoms with Gasteiger partial charge >= 0.3 is 0 Å². The van der Waals surface area contributed by atoms with Gasteiger partial charge in [-0.25, -0.2) is 0 Å². The molecule has 0 N–H and O–H groups in total. The van der Waals surface area contributed by atoms with Crippen LogP contribution in [0.15, 0.2) is 29.1 Å². The summed E-state index contributed by atoms with van der Waals surface area (Å²) in [6, 6.07) is 4.30. The van der Waals surface area contributed by atoms with Gasteiger partial charge in [0.15, 0.2) is 0 Å². The molecule has 2 aromatic heterocycles. The standard InChI is InChI=1S/C15H21N3OS/c1-2-18-14(3-6-16-18)4-7-17-8-9-19-15(11-17)13-5-10-20-12-13/h3,5-6,10,12,15H,2,4,7-9,11H2,1H3. The van der Waals surface area contributed by atoms with Crippen molar-refractivity contribution in [2.75, 3.05) is 26.2 Å². The number of aryl methyl sites for hydroxylation is 1. The van der Waals surface area contributed by atoms with Gasteiger partial charge in [-0.05, 0) is 35.4 Å². The third kappa shape index (κ3) is 3.11. The molecule has 1 atom stereocenters. The molecule has 0 amide bonds. The van der Waals surface area contributed by atoms with Crippen LogP contribution < -0.4 is 0 Å². The minimum atomic E-state index is 0.242. The van der Waals surface area contributed by atoms with E-state index in [0.29, 0.717) is 0 Å². The van der Waals surface area contributed by atoms with E-state index in [-0.39, 0.29) is 6.10 Å². The lowest BCUT2D eigenvalue weighted by Crippen LogP contribution is -2.39. The lowest BCUT2D eigenvalue weighted by molar-refractivity contribution is -0.0294. The van der Waals surface area contributed by atoms with Crippen molar-refractivity contribution in [3.05, 3.63) is 40.3 Å². The van der Waals surface area contributed by atoms with Gasteiger partial charge in [0, 0.05) is 44.5 Å². The van der Waals surface area contributed by atoms with E-state index in [2.05, 4.69) is 44.5 Å². The summed E-state index contributed by atoms with van der Waals surface area (Å²) in [6.45, 7) is 7.02. The molecule has 0 radical (unpaired) electrons. The highest BCUT2D eigenvalue weighted by atomic mass is 32.1. The second-order valence-electron chi connectivity index (χ2n) is 5.11. The summed E-state index contributed by atoms with van der Waals surface area (Å²) in [5.74, 6) is 0. The molecule has 3 rings (SSSR count). The maximum atomic E-state index is 5.88. The molecule has 0 saturated carbocycles. The van der Waals surface area contributed by atoms with Gasteiger partial charge in [-0.15, -0.1) is 0 Å². The smallest absolute Gasteiger partial charge is 0.0960 e. The molecule has 1 aliphatic rings. The summed E-state index contributed by atoms with van der Waals surface area (Å²) in [5, 5.41) is 8.65. The van der Waals surface area contributed by atoms with Crippen molar-refractivity contribution >= 4 is 11.3 Å². The van der Waals surface area contributed by atoms with Crippen LogP contribution in [0.25, 0.3) is 0 Å². The highest BCUT2D eigenvalue weighted by Gasteiger charge is 2.22. The molecule has 4 nitrogen and oxygen atoms in total. The van der Waals surface area contributed by atoms with Gasteiger partial charge in [0.2, 0.25) is 0 Å². The van der Waals surface area contributed by atoms with Crippen molar-refractivity contribution in [1.29, 1.82) is 0 Å². The van der Waals surface area contributed by atoms with Gasteiger partial charge in [0.25, 0.3) is 0 Å². The summed E-state index contributed by atoms with van der Waals surface area (Å²) in [7, 11) is 0. The fourth-order valence-electron chi connectivity index (χ4n) is 2.70. The van der Waals surface area contributed by atoms with Crippen molar-refractivity contribution in [2.24, 2.45) is 0 Å². The number of morpholine rings is 1. The SMILES string of the molecule is CCn1nccc1CCN1CCOC(c2ccsc2)C1. The van der Waals surface area contributed by atoms with E-state index in [9.17, 15) is 0 Å². The average Bonchev–Trinajstić information content (AvgIpc) is 3.16. The van der Waals surface area contributed by atoms with Gasteiger partial charge in [-0.1, -0.05) is 0 Å². The fourth-order valence-corrected chi connectivity index (χ4v) is 3.40. The summed E-state index contributed by atoms with van der Waals surface area (Å²) in [4.78, 5) is 2.50. The second-order valence-corrected chi connectivity index (χ2v) is 5.89. The van der Waals surface area contributed by atoms with Gasteiger partial charge in [0.05, 0.1) is 12.7 Å². The molecule has 20 heavy (non-hydrogen) atoms. The second kappa shape index (κ2) is 6.52. The Hall–Kier alpha value is -1.17. The molecule has 2 aromatic rings. The predicted molar refractivity (Wildman–Crippen MR) is 81.1 cm³/mol. The molecule has 5 heteroatoms. The van der Waals surface area contributed by atoms with Crippen molar-refractivity contribution in [3.8, 4) is 0 Å². The van der Waals surface area contributed by atoms with Gasteiger partial charge < -0.3 is 4.74 Å². The van der Waals surface area contributed by atoms with Crippen molar-refractivity contribution in [3.63, 3.8) is 0 Å². The molecule has 0 bridgehead atoms. The number of hydrogen-bond donors (Lipinski definition) is 0. The molecular formula is C15H21N3OS. The molecule has 0 aromatic carbocycles. The topological polar surface area (TPSA) is 30.3 Å². The van der Waals surface area contributed by atoms with E-state index in [4.69, 9.17) is 4.74 Å². The Labute approximate surface area is 124 Å². The Morgan fingerprint density at radius 1 is 1.45 bits per heavy atom. The molecule has 1 saturated heterocycles. The average molecular weight is 291 g/mol. The molecule has 3 heterocycles. The first-order valence-corrected chi connectivity index (χ1v) is 8.18. The van der Waals surface area contributed by atoms with Crippen molar-refractivity contribution in [2.45, 2.75) is 26.0 Å². The number of aromatic nitrogens is 2. The lowest BCUT2D eigenvalue weighted by atomic mass is 10.1. The Morgan fingerprint density at radius 2 is 2.40 bits per heavy atom. The van der Waals surface area contributed by atoms with E-state index in [1.54, 1.807) is 11.3 Å². The number of nitrogens with zero attached hydrogens (tertiary/aromatic N) is 3. The largest absolute Gasteiger partial charge is 0.371 e. The maximum absolute atomic E-state index is 5.88.